The second-order valence-electron chi connectivity index (χ2n) is 6.22. The van der Waals surface area contributed by atoms with Crippen molar-refractivity contribution in [2.24, 2.45) is 5.92 Å². The van der Waals surface area contributed by atoms with Crippen LogP contribution in [0, 0.1) is 5.92 Å². The van der Waals surface area contributed by atoms with Crippen LogP contribution in [0.1, 0.15) is 61.9 Å². The molecular weight excluding hydrogens is 272 g/mol. The molecule has 0 aromatic carbocycles. The fourth-order valence-electron chi connectivity index (χ4n) is 3.46. The van der Waals surface area contributed by atoms with Crippen LogP contribution >= 0.6 is 11.3 Å². The van der Waals surface area contributed by atoms with E-state index in [2.05, 4.69) is 17.2 Å². The van der Waals surface area contributed by atoms with Gasteiger partial charge in [-0.2, -0.15) is 0 Å². The topological polar surface area (TPSA) is 62.2 Å². The van der Waals surface area contributed by atoms with Crippen LogP contribution in [0.5, 0.6) is 0 Å². The summed E-state index contributed by atoms with van der Waals surface area (Å²) in [6, 6.07) is 0.509. The van der Waals surface area contributed by atoms with Crippen molar-refractivity contribution in [3.63, 3.8) is 0 Å². The summed E-state index contributed by atoms with van der Waals surface area (Å²) >= 11 is 1.67. The first kappa shape index (κ1) is 13.9. The van der Waals surface area contributed by atoms with E-state index in [1.165, 1.54) is 30.6 Å². The van der Waals surface area contributed by atoms with Crippen LogP contribution in [0.3, 0.4) is 0 Å². The molecule has 1 heterocycles. The first-order chi connectivity index (χ1) is 9.63. The van der Waals surface area contributed by atoms with Gasteiger partial charge in [-0.3, -0.25) is 4.79 Å². The van der Waals surface area contributed by atoms with Crippen molar-refractivity contribution in [2.75, 3.05) is 5.32 Å². The highest BCUT2D eigenvalue weighted by Crippen LogP contribution is 2.37. The van der Waals surface area contributed by atoms with E-state index in [4.69, 9.17) is 0 Å². The van der Waals surface area contributed by atoms with Gasteiger partial charge in [0, 0.05) is 10.9 Å². The van der Waals surface area contributed by atoms with E-state index in [0.717, 1.165) is 36.0 Å². The Hall–Kier alpha value is -1.10. The number of thiazole rings is 1. The number of aliphatic carboxylic acids is 1. The normalized spacial score (nSPS) is 29.8. The molecule has 1 fully saturated rings. The van der Waals surface area contributed by atoms with Gasteiger partial charge in [0.2, 0.25) is 0 Å². The number of anilines is 1. The monoisotopic (exact) mass is 294 g/mol. The molecule has 0 bridgehead atoms. The van der Waals surface area contributed by atoms with Crippen molar-refractivity contribution in [2.45, 2.75) is 63.8 Å². The van der Waals surface area contributed by atoms with Gasteiger partial charge < -0.3 is 10.4 Å². The lowest BCUT2D eigenvalue weighted by atomic mass is 9.87. The maximum atomic E-state index is 11.3. The van der Waals surface area contributed by atoms with E-state index >= 15 is 0 Å². The summed E-state index contributed by atoms with van der Waals surface area (Å²) in [5, 5.41) is 13.8. The lowest BCUT2D eigenvalue weighted by molar-refractivity contribution is -0.139. The van der Waals surface area contributed by atoms with Gasteiger partial charge in [0.1, 0.15) is 5.92 Å². The first-order valence-corrected chi connectivity index (χ1v) is 8.44. The molecule has 3 rings (SSSR count). The van der Waals surface area contributed by atoms with Crippen LogP contribution in [0.4, 0.5) is 5.13 Å². The van der Waals surface area contributed by atoms with E-state index < -0.39 is 11.9 Å². The molecule has 2 N–H and O–H groups in total. The van der Waals surface area contributed by atoms with Crippen molar-refractivity contribution in [3.05, 3.63) is 10.6 Å². The zero-order valence-corrected chi connectivity index (χ0v) is 12.7. The molecule has 2 aliphatic carbocycles. The minimum absolute atomic E-state index is 0.393. The first-order valence-electron chi connectivity index (χ1n) is 7.62. The predicted molar refractivity (Wildman–Crippen MR) is 80.5 cm³/mol. The number of carboxylic acid groups (broad SMARTS) is 1. The lowest BCUT2D eigenvalue weighted by Gasteiger charge is -2.27. The minimum atomic E-state index is -0.728. The van der Waals surface area contributed by atoms with Crippen molar-refractivity contribution < 1.29 is 9.90 Å². The van der Waals surface area contributed by atoms with Crippen LogP contribution in [0.2, 0.25) is 0 Å². The molecule has 5 heteroatoms. The average Bonchev–Trinajstić information content (AvgIpc) is 2.80. The van der Waals surface area contributed by atoms with Crippen molar-refractivity contribution in [1.29, 1.82) is 0 Å². The maximum absolute atomic E-state index is 11.3. The number of nitrogens with one attached hydrogen (secondary N) is 1. The fraction of sp³-hybridized carbons (Fsp3) is 0.733. The van der Waals surface area contributed by atoms with Gasteiger partial charge in [0.15, 0.2) is 5.13 Å². The van der Waals surface area contributed by atoms with Gasteiger partial charge in [-0.25, -0.2) is 4.98 Å². The third-order valence-corrected chi connectivity index (χ3v) is 5.58. The van der Waals surface area contributed by atoms with E-state index in [1.54, 1.807) is 11.3 Å². The highest BCUT2D eigenvalue weighted by molar-refractivity contribution is 7.15. The maximum Gasteiger partial charge on any atom is 0.312 e. The highest BCUT2D eigenvalue weighted by atomic mass is 32.1. The van der Waals surface area contributed by atoms with Crippen LogP contribution in [-0.2, 0) is 11.2 Å². The minimum Gasteiger partial charge on any atom is -0.481 e. The second-order valence-corrected chi connectivity index (χ2v) is 7.31. The lowest BCUT2D eigenvalue weighted by Crippen LogP contribution is -2.26. The van der Waals surface area contributed by atoms with Crippen molar-refractivity contribution in [1.82, 2.24) is 4.98 Å². The fourth-order valence-corrected chi connectivity index (χ4v) is 4.60. The second kappa shape index (κ2) is 5.72. The summed E-state index contributed by atoms with van der Waals surface area (Å²) in [6.07, 6.45) is 7.69. The third-order valence-electron chi connectivity index (χ3n) is 4.52. The molecule has 20 heavy (non-hydrogen) atoms. The number of hydrogen-bond donors (Lipinski definition) is 2. The van der Waals surface area contributed by atoms with Gasteiger partial charge in [0.25, 0.3) is 0 Å². The molecule has 3 atom stereocenters. The van der Waals surface area contributed by atoms with Crippen molar-refractivity contribution in [3.8, 4) is 0 Å². The Labute approximate surface area is 123 Å². The van der Waals surface area contributed by atoms with E-state index in [1.807, 2.05) is 0 Å². The molecule has 1 aromatic heterocycles. The molecule has 0 spiro atoms. The molecule has 4 nitrogen and oxygen atoms in total. The molecule has 1 aromatic rings. The largest absolute Gasteiger partial charge is 0.481 e. The number of carboxylic acids is 1. The number of aromatic nitrogens is 1. The average molecular weight is 294 g/mol. The Morgan fingerprint density at radius 3 is 2.95 bits per heavy atom. The molecule has 0 radical (unpaired) electrons. The standard InChI is InChI=1S/C15H22N2O2S/c1-9-4-2-5-10(8-9)16-15-17-13-11(14(18)19)6-3-7-12(13)20-15/h9-11H,2-8H2,1H3,(H,16,17)(H,18,19). The summed E-state index contributed by atoms with van der Waals surface area (Å²) in [4.78, 5) is 17.1. The summed E-state index contributed by atoms with van der Waals surface area (Å²) in [5.74, 6) is -0.340. The van der Waals surface area contributed by atoms with Crippen LogP contribution in [-0.4, -0.2) is 22.1 Å². The summed E-state index contributed by atoms with van der Waals surface area (Å²) in [6.45, 7) is 2.31. The highest BCUT2D eigenvalue weighted by Gasteiger charge is 2.30. The summed E-state index contributed by atoms with van der Waals surface area (Å²) in [7, 11) is 0. The number of rotatable bonds is 3. The SMILES string of the molecule is CC1CCCC(Nc2nc3c(s2)CCCC3C(=O)O)C1. The Balaban J connectivity index is 1.74. The third kappa shape index (κ3) is 2.82. The molecule has 0 aliphatic heterocycles. The van der Waals surface area contributed by atoms with Crippen LogP contribution in [0.15, 0.2) is 0 Å². The molecule has 2 aliphatic rings. The molecule has 0 amide bonds. The molecule has 0 saturated heterocycles. The van der Waals surface area contributed by atoms with Crippen LogP contribution in [0.25, 0.3) is 0 Å². The summed E-state index contributed by atoms with van der Waals surface area (Å²) < 4.78 is 0. The quantitative estimate of drug-likeness (QED) is 0.893. The van der Waals surface area contributed by atoms with E-state index in [-0.39, 0.29) is 0 Å². The number of fused-ring (bicyclic) bond motifs is 1. The van der Waals surface area contributed by atoms with Gasteiger partial charge in [0.05, 0.1) is 5.69 Å². The number of hydrogen-bond acceptors (Lipinski definition) is 4. The molecular formula is C15H22N2O2S. The Morgan fingerprint density at radius 1 is 1.35 bits per heavy atom. The predicted octanol–water partition coefficient (Wildman–Crippen LogP) is 3.64. The molecule has 1 saturated carbocycles. The van der Waals surface area contributed by atoms with Gasteiger partial charge in [-0.1, -0.05) is 19.8 Å². The molecule has 110 valence electrons. The Kier molecular flexibility index (Phi) is 3.96. The van der Waals surface area contributed by atoms with Gasteiger partial charge in [-0.05, 0) is 38.0 Å². The van der Waals surface area contributed by atoms with Gasteiger partial charge >= 0.3 is 5.97 Å². The van der Waals surface area contributed by atoms with Crippen molar-refractivity contribution >= 4 is 22.4 Å². The number of nitrogens with zero attached hydrogens (tertiary/aromatic N) is 1. The Morgan fingerprint density at radius 2 is 2.20 bits per heavy atom. The number of carbonyl (C=O) groups is 1. The zero-order valence-electron chi connectivity index (χ0n) is 11.9. The van der Waals surface area contributed by atoms with E-state index in [9.17, 15) is 9.90 Å². The van der Waals surface area contributed by atoms with E-state index in [0.29, 0.717) is 6.04 Å². The summed E-state index contributed by atoms with van der Waals surface area (Å²) in [5.41, 5.74) is 0.820. The number of aryl methyl sites for hydroxylation is 1. The Bertz CT molecular complexity index is 500. The smallest absolute Gasteiger partial charge is 0.312 e. The molecule has 3 unspecified atom stereocenters. The van der Waals surface area contributed by atoms with Gasteiger partial charge in [-0.15, -0.1) is 11.3 Å². The zero-order chi connectivity index (χ0) is 14.1. The van der Waals surface area contributed by atoms with Crippen LogP contribution < -0.4 is 5.32 Å².